The molecule has 0 spiro atoms. The van der Waals surface area contributed by atoms with Crippen LogP contribution in [-0.4, -0.2) is 23.2 Å². The lowest BCUT2D eigenvalue weighted by molar-refractivity contribution is 0.112. The van der Waals surface area contributed by atoms with Crippen LogP contribution in [0.5, 0.6) is 5.75 Å². The molecule has 0 aliphatic carbocycles. The van der Waals surface area contributed by atoms with E-state index in [9.17, 15) is 4.79 Å². The van der Waals surface area contributed by atoms with Crippen LogP contribution in [0.1, 0.15) is 10.4 Å². The number of ether oxygens (including phenoxy) is 1. The molecule has 2 rings (SSSR count). The predicted octanol–water partition coefficient (Wildman–Crippen LogP) is 1.39. The van der Waals surface area contributed by atoms with Crippen molar-refractivity contribution in [3.63, 3.8) is 0 Å². The quantitative estimate of drug-likeness (QED) is 0.672. The first-order valence-electron chi connectivity index (χ1n) is 4.21. The number of aromatic nitrogens is 2. The third-order valence-electron chi connectivity index (χ3n) is 2.10. The number of carbonyl (C=O) groups is 1. The average molecular weight is 190 g/mol. The average Bonchev–Trinajstić information content (AvgIpc) is 2.54. The number of carbonyl (C=O) groups excluding carboxylic acids is 1. The molecule has 0 fully saturated rings. The molecule has 0 saturated carbocycles. The second-order valence-corrected chi connectivity index (χ2v) is 3.07. The molecule has 0 aliphatic heterocycles. The Kier molecular flexibility index (Phi) is 1.96. The zero-order chi connectivity index (χ0) is 10.1. The fourth-order valence-corrected chi connectivity index (χ4v) is 1.46. The number of aldehydes is 1. The van der Waals surface area contributed by atoms with Crippen molar-refractivity contribution >= 4 is 17.2 Å². The molecule has 2 aromatic rings. The van der Waals surface area contributed by atoms with Gasteiger partial charge in [0.2, 0.25) is 0 Å². The molecule has 0 amide bonds. The Morgan fingerprint density at radius 2 is 2.29 bits per heavy atom. The van der Waals surface area contributed by atoms with E-state index in [0.717, 1.165) is 17.2 Å². The Morgan fingerprint density at radius 1 is 1.50 bits per heavy atom. The molecule has 72 valence electrons. The van der Waals surface area contributed by atoms with E-state index in [0.29, 0.717) is 11.3 Å². The Balaban J connectivity index is 2.74. The van der Waals surface area contributed by atoms with Gasteiger partial charge in [-0.05, 0) is 12.1 Å². The minimum atomic E-state index is 0.527. The molecule has 1 heterocycles. The van der Waals surface area contributed by atoms with Crippen LogP contribution >= 0.6 is 0 Å². The lowest BCUT2D eigenvalue weighted by Crippen LogP contribution is -1.90. The van der Waals surface area contributed by atoms with Gasteiger partial charge in [-0.25, -0.2) is 0 Å². The fourth-order valence-electron chi connectivity index (χ4n) is 1.46. The highest BCUT2D eigenvalue weighted by molar-refractivity contribution is 5.90. The van der Waals surface area contributed by atoms with Gasteiger partial charge in [0.15, 0.2) is 6.29 Å². The number of rotatable bonds is 2. The number of methoxy groups -OCH3 is 1. The SMILES string of the molecule is COc1cc2cn(C)nc2cc1C=O. The van der Waals surface area contributed by atoms with E-state index in [4.69, 9.17) is 4.74 Å². The highest BCUT2D eigenvalue weighted by Gasteiger charge is 2.06. The van der Waals surface area contributed by atoms with Crippen LogP contribution in [0.3, 0.4) is 0 Å². The van der Waals surface area contributed by atoms with Gasteiger partial charge in [0.1, 0.15) is 5.75 Å². The van der Waals surface area contributed by atoms with Crippen molar-refractivity contribution in [2.75, 3.05) is 7.11 Å². The molecule has 4 heteroatoms. The van der Waals surface area contributed by atoms with Crippen LogP contribution in [0.4, 0.5) is 0 Å². The lowest BCUT2D eigenvalue weighted by atomic mass is 10.1. The third kappa shape index (κ3) is 1.25. The summed E-state index contributed by atoms with van der Waals surface area (Å²) in [5.41, 5.74) is 1.33. The smallest absolute Gasteiger partial charge is 0.153 e. The molecule has 0 bridgehead atoms. The van der Waals surface area contributed by atoms with E-state index >= 15 is 0 Å². The van der Waals surface area contributed by atoms with Gasteiger partial charge < -0.3 is 4.74 Å². The zero-order valence-corrected chi connectivity index (χ0v) is 8.02. The van der Waals surface area contributed by atoms with Crippen molar-refractivity contribution in [1.29, 1.82) is 0 Å². The van der Waals surface area contributed by atoms with E-state index in [1.807, 2.05) is 19.3 Å². The van der Waals surface area contributed by atoms with Gasteiger partial charge in [-0.2, -0.15) is 5.10 Å². The molecule has 0 atom stereocenters. The second-order valence-electron chi connectivity index (χ2n) is 3.07. The van der Waals surface area contributed by atoms with Crippen LogP contribution in [0.15, 0.2) is 18.3 Å². The molecule has 1 aromatic heterocycles. The Hall–Kier alpha value is -1.84. The summed E-state index contributed by atoms with van der Waals surface area (Å²) in [4.78, 5) is 10.7. The standard InChI is InChI=1S/C10H10N2O2/c1-12-5-7-4-10(14-2)8(6-13)3-9(7)11-12/h3-6H,1-2H3. The van der Waals surface area contributed by atoms with Gasteiger partial charge in [-0.1, -0.05) is 0 Å². The number of nitrogens with zero attached hydrogens (tertiary/aromatic N) is 2. The maximum atomic E-state index is 10.7. The van der Waals surface area contributed by atoms with Crippen molar-refractivity contribution in [3.05, 3.63) is 23.9 Å². The maximum Gasteiger partial charge on any atom is 0.153 e. The summed E-state index contributed by atoms with van der Waals surface area (Å²) in [5, 5.41) is 5.17. The Bertz CT molecular complexity index is 488. The van der Waals surface area contributed by atoms with Gasteiger partial charge in [0.05, 0.1) is 18.2 Å². The summed E-state index contributed by atoms with van der Waals surface area (Å²) in [6.45, 7) is 0. The first-order valence-corrected chi connectivity index (χ1v) is 4.21. The summed E-state index contributed by atoms with van der Waals surface area (Å²) in [6.07, 6.45) is 2.65. The van der Waals surface area contributed by atoms with Crippen molar-refractivity contribution in [3.8, 4) is 5.75 Å². The van der Waals surface area contributed by atoms with Gasteiger partial charge >= 0.3 is 0 Å². The molecular formula is C10H10N2O2. The first-order chi connectivity index (χ1) is 6.74. The van der Waals surface area contributed by atoms with Gasteiger partial charge in [-0.15, -0.1) is 0 Å². The van der Waals surface area contributed by atoms with E-state index in [1.54, 1.807) is 17.9 Å². The molecule has 0 unspecified atom stereocenters. The topological polar surface area (TPSA) is 44.1 Å². The van der Waals surface area contributed by atoms with Crippen LogP contribution in [-0.2, 0) is 7.05 Å². The second kappa shape index (κ2) is 3.14. The minimum absolute atomic E-state index is 0.527. The molecule has 4 nitrogen and oxygen atoms in total. The summed E-state index contributed by atoms with van der Waals surface area (Å²) in [7, 11) is 3.39. The third-order valence-corrected chi connectivity index (χ3v) is 2.10. The number of hydrogen-bond donors (Lipinski definition) is 0. The van der Waals surface area contributed by atoms with E-state index in [1.165, 1.54) is 0 Å². The molecule has 0 saturated heterocycles. The Morgan fingerprint density at radius 3 is 2.93 bits per heavy atom. The summed E-state index contributed by atoms with van der Waals surface area (Å²) < 4.78 is 6.79. The van der Waals surface area contributed by atoms with Crippen molar-refractivity contribution in [2.45, 2.75) is 0 Å². The van der Waals surface area contributed by atoms with Crippen LogP contribution in [0.25, 0.3) is 10.9 Å². The van der Waals surface area contributed by atoms with Gasteiger partial charge in [0, 0.05) is 18.6 Å². The predicted molar refractivity (Wildman–Crippen MR) is 52.7 cm³/mol. The molecule has 0 N–H and O–H groups in total. The fraction of sp³-hybridized carbons (Fsp3) is 0.200. The van der Waals surface area contributed by atoms with Crippen molar-refractivity contribution in [1.82, 2.24) is 9.78 Å². The number of fused-ring (bicyclic) bond motifs is 1. The van der Waals surface area contributed by atoms with Crippen LogP contribution in [0.2, 0.25) is 0 Å². The number of benzene rings is 1. The van der Waals surface area contributed by atoms with E-state index in [2.05, 4.69) is 5.10 Å². The van der Waals surface area contributed by atoms with E-state index in [-0.39, 0.29) is 0 Å². The van der Waals surface area contributed by atoms with Gasteiger partial charge in [0.25, 0.3) is 0 Å². The van der Waals surface area contributed by atoms with Crippen molar-refractivity contribution < 1.29 is 9.53 Å². The van der Waals surface area contributed by atoms with E-state index < -0.39 is 0 Å². The molecule has 0 aliphatic rings. The highest BCUT2D eigenvalue weighted by Crippen LogP contribution is 2.23. The Labute approximate surface area is 81.1 Å². The number of hydrogen-bond acceptors (Lipinski definition) is 3. The van der Waals surface area contributed by atoms with Gasteiger partial charge in [-0.3, -0.25) is 9.48 Å². The summed E-state index contributed by atoms with van der Waals surface area (Å²) in [6, 6.07) is 3.53. The maximum absolute atomic E-state index is 10.7. The summed E-state index contributed by atoms with van der Waals surface area (Å²) in [5.74, 6) is 0.584. The van der Waals surface area contributed by atoms with Crippen molar-refractivity contribution in [2.24, 2.45) is 7.05 Å². The monoisotopic (exact) mass is 190 g/mol. The minimum Gasteiger partial charge on any atom is -0.496 e. The molecule has 14 heavy (non-hydrogen) atoms. The normalized spacial score (nSPS) is 10.4. The highest BCUT2D eigenvalue weighted by atomic mass is 16.5. The molecule has 0 radical (unpaired) electrons. The summed E-state index contributed by atoms with van der Waals surface area (Å²) >= 11 is 0. The molecular weight excluding hydrogens is 180 g/mol. The van der Waals surface area contributed by atoms with Crippen LogP contribution < -0.4 is 4.74 Å². The number of aryl methyl sites for hydroxylation is 1. The van der Waals surface area contributed by atoms with Crippen LogP contribution in [0, 0.1) is 0 Å². The first kappa shape index (κ1) is 8.74. The largest absolute Gasteiger partial charge is 0.496 e. The zero-order valence-electron chi connectivity index (χ0n) is 8.02. The lowest BCUT2D eigenvalue weighted by Gasteiger charge is -2.01. The molecule has 1 aromatic carbocycles.